The maximum absolute atomic E-state index is 5.03. The molecule has 4 heteroatoms. The van der Waals surface area contributed by atoms with Crippen LogP contribution in [0, 0.1) is 20.8 Å². The van der Waals surface area contributed by atoms with Gasteiger partial charge in [0.1, 0.15) is 0 Å². The molecule has 108 valence electrons. The van der Waals surface area contributed by atoms with E-state index in [2.05, 4.69) is 49.4 Å². The molecule has 1 aromatic carbocycles. The zero-order valence-electron chi connectivity index (χ0n) is 12.7. The molecule has 1 N–H and O–H groups in total. The zero-order valence-corrected chi connectivity index (χ0v) is 12.7. The van der Waals surface area contributed by atoms with Crippen molar-refractivity contribution in [2.45, 2.75) is 27.3 Å². The predicted molar refractivity (Wildman–Crippen MR) is 81.4 cm³/mol. The topological polar surface area (TPSA) is 39.1 Å². The molecular weight excluding hydrogens is 250 g/mol. The van der Waals surface area contributed by atoms with Gasteiger partial charge >= 0.3 is 0 Å². The number of nitrogens with zero attached hydrogens (tertiary/aromatic N) is 2. The standard InChI is InChI=1S/C16H23N3O/c1-12-6-5-7-16(13(12)2)19-14(3)15(11-18-19)10-17-8-9-20-4/h5-7,11,17H,8-10H2,1-4H3. The van der Waals surface area contributed by atoms with Gasteiger partial charge in [0.05, 0.1) is 18.5 Å². The number of aryl methyl sites for hydroxylation is 1. The Morgan fingerprint density at radius 1 is 1.25 bits per heavy atom. The highest BCUT2D eigenvalue weighted by atomic mass is 16.5. The van der Waals surface area contributed by atoms with Gasteiger partial charge in [-0.1, -0.05) is 12.1 Å². The van der Waals surface area contributed by atoms with Gasteiger partial charge in [-0.05, 0) is 38.0 Å². The third-order valence-corrected chi connectivity index (χ3v) is 3.71. The first-order valence-corrected chi connectivity index (χ1v) is 6.95. The first-order valence-electron chi connectivity index (χ1n) is 6.95. The lowest BCUT2D eigenvalue weighted by molar-refractivity contribution is 0.199. The molecule has 2 rings (SSSR count). The summed E-state index contributed by atoms with van der Waals surface area (Å²) in [5.74, 6) is 0. The minimum atomic E-state index is 0.726. The fraction of sp³-hybridized carbons (Fsp3) is 0.438. The van der Waals surface area contributed by atoms with Crippen molar-refractivity contribution in [1.29, 1.82) is 0 Å². The molecule has 0 aliphatic heterocycles. The van der Waals surface area contributed by atoms with Gasteiger partial charge in [-0.15, -0.1) is 0 Å². The molecule has 0 spiro atoms. The summed E-state index contributed by atoms with van der Waals surface area (Å²) in [5.41, 5.74) is 6.13. The van der Waals surface area contributed by atoms with Crippen molar-refractivity contribution in [2.75, 3.05) is 20.3 Å². The number of aromatic nitrogens is 2. The van der Waals surface area contributed by atoms with E-state index in [1.165, 1.54) is 22.4 Å². The molecule has 4 nitrogen and oxygen atoms in total. The highest BCUT2D eigenvalue weighted by molar-refractivity contribution is 5.45. The van der Waals surface area contributed by atoms with Gasteiger partial charge in [0.15, 0.2) is 0 Å². The van der Waals surface area contributed by atoms with Gasteiger partial charge in [-0.25, -0.2) is 4.68 Å². The number of methoxy groups -OCH3 is 1. The average Bonchev–Trinajstić information content (AvgIpc) is 2.80. The smallest absolute Gasteiger partial charge is 0.0680 e. The lowest BCUT2D eigenvalue weighted by Crippen LogP contribution is -2.18. The van der Waals surface area contributed by atoms with Crippen molar-refractivity contribution in [1.82, 2.24) is 15.1 Å². The molecule has 0 amide bonds. The van der Waals surface area contributed by atoms with Gasteiger partial charge in [0.25, 0.3) is 0 Å². The molecule has 0 aliphatic rings. The molecule has 0 saturated carbocycles. The summed E-state index contributed by atoms with van der Waals surface area (Å²) in [5, 5.41) is 7.89. The Morgan fingerprint density at radius 3 is 2.80 bits per heavy atom. The molecular formula is C16H23N3O. The molecule has 1 aromatic heterocycles. The summed E-state index contributed by atoms with van der Waals surface area (Å²) >= 11 is 0. The van der Waals surface area contributed by atoms with Crippen molar-refractivity contribution in [2.24, 2.45) is 0 Å². The molecule has 0 fully saturated rings. The minimum Gasteiger partial charge on any atom is -0.383 e. The van der Waals surface area contributed by atoms with Crippen LogP contribution in [0.5, 0.6) is 0 Å². The fourth-order valence-corrected chi connectivity index (χ4v) is 2.22. The van der Waals surface area contributed by atoms with Crippen molar-refractivity contribution in [3.05, 3.63) is 46.8 Å². The van der Waals surface area contributed by atoms with Crippen LogP contribution in [0.25, 0.3) is 5.69 Å². The van der Waals surface area contributed by atoms with Crippen LogP contribution in [0.3, 0.4) is 0 Å². The van der Waals surface area contributed by atoms with E-state index >= 15 is 0 Å². The number of nitrogens with one attached hydrogen (secondary N) is 1. The van der Waals surface area contributed by atoms with Gasteiger partial charge in [0.2, 0.25) is 0 Å². The second kappa shape index (κ2) is 6.68. The first-order chi connectivity index (χ1) is 9.65. The van der Waals surface area contributed by atoms with Gasteiger partial charge in [-0.2, -0.15) is 5.10 Å². The fourth-order valence-electron chi connectivity index (χ4n) is 2.22. The molecule has 1 heterocycles. The van der Waals surface area contributed by atoms with Crippen LogP contribution in [0.1, 0.15) is 22.4 Å². The van der Waals surface area contributed by atoms with Crippen molar-refractivity contribution < 1.29 is 4.74 Å². The molecule has 2 aromatic rings. The summed E-state index contributed by atoms with van der Waals surface area (Å²) < 4.78 is 7.05. The minimum absolute atomic E-state index is 0.726. The number of hydrogen-bond acceptors (Lipinski definition) is 3. The van der Waals surface area contributed by atoms with Crippen LogP contribution in [-0.2, 0) is 11.3 Å². The molecule has 0 saturated heterocycles. The normalized spacial score (nSPS) is 11.0. The van der Waals surface area contributed by atoms with Gasteiger partial charge < -0.3 is 10.1 Å². The van der Waals surface area contributed by atoms with E-state index < -0.39 is 0 Å². The second-order valence-corrected chi connectivity index (χ2v) is 5.06. The Labute approximate surface area is 120 Å². The molecule has 0 bridgehead atoms. The molecule has 0 radical (unpaired) electrons. The van der Waals surface area contributed by atoms with Crippen LogP contribution in [0.4, 0.5) is 0 Å². The van der Waals surface area contributed by atoms with E-state index in [0.29, 0.717) is 0 Å². The Kier molecular flexibility index (Phi) is 4.93. The summed E-state index contributed by atoms with van der Waals surface area (Å²) in [6.45, 7) is 8.78. The summed E-state index contributed by atoms with van der Waals surface area (Å²) in [6.07, 6.45) is 1.94. The van der Waals surface area contributed by atoms with Crippen molar-refractivity contribution >= 4 is 0 Å². The van der Waals surface area contributed by atoms with Crippen LogP contribution < -0.4 is 5.32 Å². The SMILES string of the molecule is COCCNCc1cnn(-c2cccc(C)c2C)c1C. The summed E-state index contributed by atoms with van der Waals surface area (Å²) in [4.78, 5) is 0. The summed E-state index contributed by atoms with van der Waals surface area (Å²) in [6, 6.07) is 6.32. The Balaban J connectivity index is 2.18. The Hall–Kier alpha value is -1.65. The maximum atomic E-state index is 5.03. The molecule has 0 aliphatic carbocycles. The lowest BCUT2D eigenvalue weighted by Gasteiger charge is -2.11. The highest BCUT2D eigenvalue weighted by Gasteiger charge is 2.10. The van der Waals surface area contributed by atoms with Crippen LogP contribution in [0.2, 0.25) is 0 Å². The molecule has 0 unspecified atom stereocenters. The zero-order chi connectivity index (χ0) is 14.5. The van der Waals surface area contributed by atoms with Crippen molar-refractivity contribution in [3.63, 3.8) is 0 Å². The summed E-state index contributed by atoms with van der Waals surface area (Å²) in [7, 11) is 1.71. The van der Waals surface area contributed by atoms with Gasteiger partial charge in [-0.3, -0.25) is 0 Å². The second-order valence-electron chi connectivity index (χ2n) is 5.06. The van der Waals surface area contributed by atoms with E-state index in [-0.39, 0.29) is 0 Å². The third-order valence-electron chi connectivity index (χ3n) is 3.71. The predicted octanol–water partition coefficient (Wildman–Crippen LogP) is 2.53. The van der Waals surface area contributed by atoms with Gasteiger partial charge in [0, 0.05) is 31.5 Å². The van der Waals surface area contributed by atoms with E-state index in [9.17, 15) is 0 Å². The number of rotatable bonds is 6. The largest absolute Gasteiger partial charge is 0.383 e. The third kappa shape index (κ3) is 3.08. The highest BCUT2D eigenvalue weighted by Crippen LogP contribution is 2.20. The van der Waals surface area contributed by atoms with E-state index in [4.69, 9.17) is 4.74 Å². The molecule has 20 heavy (non-hydrogen) atoms. The number of ether oxygens (including phenoxy) is 1. The average molecular weight is 273 g/mol. The molecule has 0 atom stereocenters. The monoisotopic (exact) mass is 273 g/mol. The van der Waals surface area contributed by atoms with Crippen LogP contribution in [-0.4, -0.2) is 30.0 Å². The van der Waals surface area contributed by atoms with Crippen LogP contribution in [0.15, 0.2) is 24.4 Å². The number of benzene rings is 1. The number of hydrogen-bond donors (Lipinski definition) is 1. The Bertz CT molecular complexity index is 575. The lowest BCUT2D eigenvalue weighted by atomic mass is 10.1. The van der Waals surface area contributed by atoms with E-state index in [1.54, 1.807) is 7.11 Å². The van der Waals surface area contributed by atoms with E-state index in [1.807, 2.05) is 10.9 Å². The quantitative estimate of drug-likeness (QED) is 0.822. The van der Waals surface area contributed by atoms with Crippen molar-refractivity contribution in [3.8, 4) is 5.69 Å². The van der Waals surface area contributed by atoms with E-state index in [0.717, 1.165) is 25.4 Å². The maximum Gasteiger partial charge on any atom is 0.0680 e. The Morgan fingerprint density at radius 2 is 2.05 bits per heavy atom. The van der Waals surface area contributed by atoms with Crippen LogP contribution >= 0.6 is 0 Å². The first kappa shape index (κ1) is 14.8.